The number of hydrogen-bond acceptors (Lipinski definition) is 4. The molecule has 3 rings (SSSR count). The topological polar surface area (TPSA) is 84.5 Å². The van der Waals surface area contributed by atoms with Crippen molar-refractivity contribution in [3.8, 4) is 5.75 Å². The number of halogens is 1. The second kappa shape index (κ2) is 10.1. The van der Waals surface area contributed by atoms with Gasteiger partial charge in [0.15, 0.2) is 0 Å². The van der Waals surface area contributed by atoms with Crippen LogP contribution in [0.5, 0.6) is 5.75 Å². The van der Waals surface area contributed by atoms with E-state index >= 15 is 0 Å². The molecule has 1 amide bonds. The third-order valence-electron chi connectivity index (χ3n) is 4.84. The lowest BCUT2D eigenvalue weighted by atomic mass is 10.1. The van der Waals surface area contributed by atoms with Gasteiger partial charge in [0.25, 0.3) is 15.9 Å². The van der Waals surface area contributed by atoms with Gasteiger partial charge in [-0.2, -0.15) is 0 Å². The van der Waals surface area contributed by atoms with Crippen LogP contribution in [0.2, 0.25) is 5.02 Å². The Labute approximate surface area is 193 Å². The first-order valence-electron chi connectivity index (χ1n) is 10.0. The van der Waals surface area contributed by atoms with Crippen molar-refractivity contribution in [3.63, 3.8) is 0 Å². The zero-order valence-corrected chi connectivity index (χ0v) is 19.7. The van der Waals surface area contributed by atoms with Crippen LogP contribution in [0, 0.1) is 20.8 Å². The first-order valence-corrected chi connectivity index (χ1v) is 11.9. The number of hydrogen-bond donors (Lipinski definition) is 2. The van der Waals surface area contributed by atoms with Crippen LogP contribution in [0.1, 0.15) is 27.0 Å². The fourth-order valence-corrected chi connectivity index (χ4v) is 4.46. The van der Waals surface area contributed by atoms with Crippen molar-refractivity contribution in [3.05, 3.63) is 87.9 Å². The fraction of sp³-hybridized carbons (Fsp3) is 0.208. The van der Waals surface area contributed by atoms with Crippen LogP contribution in [0.3, 0.4) is 0 Å². The molecule has 0 aliphatic rings. The molecule has 0 aromatic heterocycles. The Morgan fingerprint density at radius 2 is 1.62 bits per heavy atom. The lowest BCUT2D eigenvalue weighted by Crippen LogP contribution is -2.28. The second-order valence-electron chi connectivity index (χ2n) is 7.47. The van der Waals surface area contributed by atoms with Crippen molar-refractivity contribution < 1.29 is 17.9 Å². The predicted molar refractivity (Wildman–Crippen MR) is 127 cm³/mol. The maximum absolute atomic E-state index is 12.9. The summed E-state index contributed by atoms with van der Waals surface area (Å²) in [6, 6.07) is 17.0. The Bertz CT molecular complexity index is 1230. The Kier molecular flexibility index (Phi) is 7.43. The number of sulfonamides is 1. The molecule has 8 heteroatoms. The molecular formula is C24H25ClN2O4S. The molecule has 0 radical (unpaired) electrons. The highest BCUT2D eigenvalue weighted by molar-refractivity contribution is 7.92. The van der Waals surface area contributed by atoms with Crippen LogP contribution in [0.4, 0.5) is 5.69 Å². The summed E-state index contributed by atoms with van der Waals surface area (Å²) in [5, 5.41) is 3.35. The average molecular weight is 473 g/mol. The summed E-state index contributed by atoms with van der Waals surface area (Å²) in [6.45, 7) is 6.01. The Hall–Kier alpha value is -3.03. The summed E-state index contributed by atoms with van der Waals surface area (Å²) in [5.74, 6) is 0.225. The first-order chi connectivity index (χ1) is 15.2. The lowest BCUT2D eigenvalue weighted by molar-refractivity contribution is 0.0946. The molecule has 0 saturated carbocycles. The molecule has 0 heterocycles. The number of anilines is 1. The Balaban J connectivity index is 1.64. The highest BCUT2D eigenvalue weighted by Gasteiger charge is 2.19. The number of nitrogens with one attached hydrogen (secondary N) is 2. The van der Waals surface area contributed by atoms with E-state index < -0.39 is 10.0 Å². The summed E-state index contributed by atoms with van der Waals surface area (Å²) in [5.41, 5.74) is 3.23. The maximum atomic E-state index is 12.9. The Morgan fingerprint density at radius 1 is 0.938 bits per heavy atom. The molecule has 3 aromatic rings. The van der Waals surface area contributed by atoms with E-state index in [0.29, 0.717) is 22.0 Å². The van der Waals surface area contributed by atoms with Gasteiger partial charge < -0.3 is 10.1 Å². The van der Waals surface area contributed by atoms with E-state index in [9.17, 15) is 13.2 Å². The van der Waals surface area contributed by atoms with Gasteiger partial charge in [-0.3, -0.25) is 9.52 Å². The van der Waals surface area contributed by atoms with E-state index in [0.717, 1.165) is 11.1 Å². The molecule has 168 valence electrons. The van der Waals surface area contributed by atoms with E-state index in [1.165, 1.54) is 6.07 Å². The molecule has 0 aliphatic carbocycles. The monoisotopic (exact) mass is 472 g/mol. The smallest absolute Gasteiger partial charge is 0.262 e. The van der Waals surface area contributed by atoms with Gasteiger partial charge in [0.1, 0.15) is 12.4 Å². The predicted octanol–water partition coefficient (Wildman–Crippen LogP) is 4.87. The highest BCUT2D eigenvalue weighted by Crippen LogP contribution is 2.22. The molecule has 0 atom stereocenters. The average Bonchev–Trinajstić information content (AvgIpc) is 2.75. The van der Waals surface area contributed by atoms with Crippen molar-refractivity contribution >= 4 is 33.2 Å². The van der Waals surface area contributed by atoms with Crippen molar-refractivity contribution in [2.45, 2.75) is 25.7 Å². The van der Waals surface area contributed by atoms with Gasteiger partial charge in [-0.25, -0.2) is 8.42 Å². The normalized spacial score (nSPS) is 11.1. The molecule has 0 spiro atoms. The number of carbonyl (C=O) groups is 1. The van der Waals surface area contributed by atoms with E-state index in [1.807, 2.05) is 32.0 Å². The molecule has 3 aromatic carbocycles. The highest BCUT2D eigenvalue weighted by atomic mass is 35.5. The number of carbonyl (C=O) groups excluding carboxylic acids is 1. The second-order valence-corrected chi connectivity index (χ2v) is 9.53. The van der Waals surface area contributed by atoms with E-state index in [2.05, 4.69) is 10.0 Å². The zero-order chi connectivity index (χ0) is 23.3. The number of benzene rings is 3. The molecule has 0 fully saturated rings. The summed E-state index contributed by atoms with van der Waals surface area (Å²) >= 11 is 6.08. The van der Waals surface area contributed by atoms with Crippen molar-refractivity contribution in [2.24, 2.45) is 0 Å². The van der Waals surface area contributed by atoms with Gasteiger partial charge in [-0.1, -0.05) is 41.4 Å². The quantitative estimate of drug-likeness (QED) is 0.458. The van der Waals surface area contributed by atoms with E-state index in [1.54, 1.807) is 43.3 Å². The maximum Gasteiger partial charge on any atom is 0.262 e. The molecule has 0 bridgehead atoms. The fourth-order valence-electron chi connectivity index (χ4n) is 2.96. The van der Waals surface area contributed by atoms with Crippen LogP contribution < -0.4 is 14.8 Å². The van der Waals surface area contributed by atoms with Crippen molar-refractivity contribution in [1.82, 2.24) is 5.32 Å². The summed E-state index contributed by atoms with van der Waals surface area (Å²) in [4.78, 5) is 12.6. The van der Waals surface area contributed by atoms with E-state index in [4.69, 9.17) is 16.3 Å². The summed E-state index contributed by atoms with van der Waals surface area (Å²) in [6.07, 6.45) is 0. The molecule has 6 nitrogen and oxygen atoms in total. The Morgan fingerprint density at radius 3 is 2.31 bits per heavy atom. The van der Waals surface area contributed by atoms with E-state index in [-0.39, 0.29) is 29.5 Å². The SMILES string of the molecule is Cc1ccc(NS(=O)(=O)c2cc(C(=O)NCCOc3ccc(C)c(Cl)c3)ccc2C)cc1. The van der Waals surface area contributed by atoms with Gasteiger partial charge in [-0.05, 0) is 68.3 Å². The molecular weight excluding hydrogens is 448 g/mol. The van der Waals surface area contributed by atoms with Gasteiger partial charge in [0.05, 0.1) is 11.4 Å². The van der Waals surface area contributed by atoms with Crippen molar-refractivity contribution in [1.29, 1.82) is 0 Å². The molecule has 0 unspecified atom stereocenters. The minimum Gasteiger partial charge on any atom is -0.492 e. The van der Waals surface area contributed by atoms with Gasteiger partial charge in [0, 0.05) is 16.3 Å². The molecule has 0 aliphatic heterocycles. The summed E-state index contributed by atoms with van der Waals surface area (Å²) in [7, 11) is -3.85. The van der Waals surface area contributed by atoms with Crippen LogP contribution in [-0.4, -0.2) is 27.5 Å². The molecule has 2 N–H and O–H groups in total. The van der Waals surface area contributed by atoms with Gasteiger partial charge >= 0.3 is 0 Å². The number of aryl methyl sites for hydroxylation is 3. The minimum absolute atomic E-state index is 0.0521. The largest absolute Gasteiger partial charge is 0.492 e. The first kappa shape index (κ1) is 23.6. The zero-order valence-electron chi connectivity index (χ0n) is 18.1. The molecule has 0 saturated heterocycles. The number of amides is 1. The number of rotatable bonds is 8. The van der Waals surface area contributed by atoms with Gasteiger partial charge in [0.2, 0.25) is 0 Å². The van der Waals surface area contributed by atoms with Crippen LogP contribution in [-0.2, 0) is 10.0 Å². The van der Waals surface area contributed by atoms with Gasteiger partial charge in [-0.15, -0.1) is 0 Å². The van der Waals surface area contributed by atoms with Crippen molar-refractivity contribution in [2.75, 3.05) is 17.9 Å². The third-order valence-corrected chi connectivity index (χ3v) is 6.77. The number of ether oxygens (including phenoxy) is 1. The summed E-state index contributed by atoms with van der Waals surface area (Å²) < 4.78 is 33.9. The lowest BCUT2D eigenvalue weighted by Gasteiger charge is -2.13. The molecule has 32 heavy (non-hydrogen) atoms. The van der Waals surface area contributed by atoms with Crippen LogP contribution in [0.25, 0.3) is 0 Å². The van der Waals surface area contributed by atoms with Crippen LogP contribution in [0.15, 0.2) is 65.6 Å². The van der Waals surface area contributed by atoms with Crippen LogP contribution >= 0.6 is 11.6 Å². The standard InChI is InChI=1S/C24H25ClN2O4S/c1-16-4-9-20(10-5-16)27-32(29,30)23-14-19(8-6-18(23)3)24(28)26-12-13-31-21-11-7-17(2)22(25)15-21/h4-11,14-15,27H,12-13H2,1-3H3,(H,26,28). The minimum atomic E-state index is -3.85. The third kappa shape index (κ3) is 6.02.